The van der Waals surface area contributed by atoms with E-state index in [1.165, 1.54) is 86.5 Å². The maximum Gasteiger partial charge on any atom is 0.213 e. The summed E-state index contributed by atoms with van der Waals surface area (Å²) in [6.45, 7) is 10.7. The van der Waals surface area contributed by atoms with Crippen molar-refractivity contribution in [2.75, 3.05) is 82.1 Å². The molecule has 0 bridgehead atoms. The third kappa shape index (κ3) is 24.8. The van der Waals surface area contributed by atoms with E-state index in [1.54, 1.807) is 51.0 Å². The van der Waals surface area contributed by atoms with Crippen molar-refractivity contribution in [3.8, 4) is 97.4 Å². The lowest BCUT2D eigenvalue weighted by atomic mass is 9.94. The number of pyridine rings is 7. The van der Waals surface area contributed by atoms with Gasteiger partial charge in [-0.15, -0.1) is 0 Å². The summed E-state index contributed by atoms with van der Waals surface area (Å²) < 4.78 is 62.6. The number of likely N-dealkylation sites (N-methyl/N-ethyl adjacent to an activating group) is 1. The van der Waals surface area contributed by atoms with Crippen LogP contribution in [0.5, 0.6) is 63.6 Å². The standard InChI is InChI=1S/2C20H18N2O4.C20H21NO3.C19H15ClN2O3.C19H23N3O3/c1-24-17-7-3-5-14(9-17)20-15(6-4-8-21-20)13-26-18-11-22-19(25-2)10-16(18)12-23;1-24-17-8-4-3-7-16(17)20-14(6-5-9-21-20)13-26-18-11-22-19(25-2)10-15(18)12-23;1-21-11-10-16(17(12-21)15-6-3-2-4-7-15)14-24-20-9-5-8-19(23)18(20)13-22;1-24-18-9-14(11-23)17(10-22-18)25-12-13-5-4-8-21-19(13)15-6-2-3-7-16(15)20;1-13(2)22-18(6-8-20-22)16-12-24-9-7-15(16)11-25-19-5-4-14(3)21-17(19)10-23/h2*3-12H,13H2,1-2H3;2-9,13,23H,10-12,14H2,1H3;2-11H,12H2,1H3;4-6,8,10,13H,7,9,11-12H2,1-3H3. The predicted octanol–water partition coefficient (Wildman–Crippen LogP) is 17.9. The van der Waals surface area contributed by atoms with E-state index in [9.17, 15) is 29.1 Å². The average molecular weight is 1720 g/mol. The van der Waals surface area contributed by atoms with Gasteiger partial charge in [0.15, 0.2) is 31.4 Å². The van der Waals surface area contributed by atoms with E-state index >= 15 is 0 Å². The molecule has 126 heavy (non-hydrogen) atoms. The van der Waals surface area contributed by atoms with Crippen molar-refractivity contribution in [1.82, 2.24) is 49.6 Å². The van der Waals surface area contributed by atoms with Gasteiger partial charge in [0.2, 0.25) is 17.6 Å². The second kappa shape index (κ2) is 47.0. The lowest BCUT2D eigenvalue weighted by Gasteiger charge is -2.28. The minimum absolute atomic E-state index is 0.0526. The quantitative estimate of drug-likeness (QED) is 0.0394. The maximum absolute atomic E-state index is 11.3. The summed E-state index contributed by atoms with van der Waals surface area (Å²) >= 11 is 6.28. The molecule has 0 saturated carbocycles. The second-order valence-corrected chi connectivity index (χ2v) is 28.8. The summed E-state index contributed by atoms with van der Waals surface area (Å²) in [5.41, 5.74) is 17.0. The minimum atomic E-state index is -0.0526. The van der Waals surface area contributed by atoms with Gasteiger partial charge < -0.3 is 62.1 Å². The van der Waals surface area contributed by atoms with Gasteiger partial charge in [-0.1, -0.05) is 109 Å². The van der Waals surface area contributed by atoms with E-state index in [-0.39, 0.29) is 37.2 Å². The van der Waals surface area contributed by atoms with Crippen molar-refractivity contribution < 1.29 is 81.2 Å². The first kappa shape index (κ1) is 91.9. The summed E-state index contributed by atoms with van der Waals surface area (Å²) in [5.74, 6) is 4.58. The number of hydrogen-bond acceptors (Lipinski definition) is 26. The highest BCUT2D eigenvalue weighted by Crippen LogP contribution is 2.37. The van der Waals surface area contributed by atoms with E-state index in [4.69, 9.17) is 63.7 Å². The van der Waals surface area contributed by atoms with Crippen LogP contribution in [0.15, 0.2) is 249 Å². The topological polar surface area (TPSA) is 318 Å². The largest absolute Gasteiger partial charge is 0.507 e. The Hall–Kier alpha value is -14.8. The number of phenols is 1. The molecule has 0 saturated heterocycles. The van der Waals surface area contributed by atoms with Crippen molar-refractivity contribution in [3.05, 3.63) is 315 Å². The fraction of sp³-hybridized carbons (Fsp3) is 0.214. The molecule has 15 rings (SSSR count). The Bertz CT molecular complexity index is 5930. The smallest absolute Gasteiger partial charge is 0.213 e. The van der Waals surface area contributed by atoms with Gasteiger partial charge in [0, 0.05) is 112 Å². The molecule has 28 heteroatoms. The number of carbonyl (C=O) groups is 5. The number of hydrogen-bond donors (Lipinski definition) is 1. The molecule has 646 valence electrons. The van der Waals surface area contributed by atoms with E-state index in [1.807, 2.05) is 157 Å². The molecule has 0 spiro atoms. The number of carbonyl (C=O) groups excluding carboxylic acids is 5. The molecule has 1 N–H and O–H groups in total. The number of aromatic hydroxyl groups is 1. The van der Waals surface area contributed by atoms with Crippen molar-refractivity contribution in [3.63, 3.8) is 0 Å². The number of benzene rings is 5. The Morgan fingerprint density at radius 2 is 0.976 bits per heavy atom. The van der Waals surface area contributed by atoms with Gasteiger partial charge in [-0.25, -0.2) is 19.9 Å². The normalized spacial score (nSPS) is 12.2. The molecule has 10 heterocycles. The van der Waals surface area contributed by atoms with Crippen molar-refractivity contribution >= 4 is 54.2 Å². The number of aromatic nitrogens is 9. The maximum atomic E-state index is 11.3. The highest BCUT2D eigenvalue weighted by molar-refractivity contribution is 6.33. The SMILES string of the molecule is CN1CCC(COc2cccc(O)c2C=O)=C(c2ccccc2)C1.COc1cc(C=O)c(OCc2cccnc2-c2ccccc2Cl)cn1.COc1cc(C=O)c(OCc2cccnc2-c2ccccc2OC)cn1.COc1cccc(-c2ncccc2COc2cnc(OC)cc2C=O)c1.Cc1ccc(OCC2=C(c3ccnn3C(C)C)COCC2)c(C=O)n1. The Morgan fingerprint density at radius 3 is 1.53 bits per heavy atom. The van der Waals surface area contributed by atoms with Crippen molar-refractivity contribution in [2.45, 2.75) is 59.5 Å². The first-order valence-electron chi connectivity index (χ1n) is 40.0. The second-order valence-electron chi connectivity index (χ2n) is 28.4. The minimum Gasteiger partial charge on any atom is -0.507 e. The fourth-order valence-corrected chi connectivity index (χ4v) is 13.6. The van der Waals surface area contributed by atoms with Gasteiger partial charge in [0.25, 0.3) is 0 Å². The molecular weight excluding hydrogens is 1620 g/mol. The van der Waals surface area contributed by atoms with Gasteiger partial charge in [0.05, 0.1) is 112 Å². The molecule has 0 radical (unpaired) electrons. The molecule has 13 aromatic rings. The Morgan fingerprint density at radius 1 is 0.460 bits per heavy atom. The number of aryl methyl sites for hydroxylation is 1. The molecule has 0 unspecified atom stereocenters. The number of nitrogens with zero attached hydrogens (tertiary/aromatic N) is 10. The summed E-state index contributed by atoms with van der Waals surface area (Å²) in [6.07, 6.45) is 16.6. The van der Waals surface area contributed by atoms with Crippen molar-refractivity contribution in [2.24, 2.45) is 0 Å². The number of aldehydes is 5. The van der Waals surface area contributed by atoms with Crippen LogP contribution in [0.2, 0.25) is 5.02 Å². The zero-order chi connectivity index (χ0) is 89.1. The molecule has 0 fully saturated rings. The summed E-state index contributed by atoms with van der Waals surface area (Å²) in [5, 5.41) is 14.8. The summed E-state index contributed by atoms with van der Waals surface area (Å²) in [6, 6.07) is 59.8. The average Bonchev–Trinajstić information content (AvgIpc) is 1.80. The van der Waals surface area contributed by atoms with Gasteiger partial charge in [-0.3, -0.25) is 43.6 Å². The number of ether oxygens (including phenoxy) is 11. The first-order chi connectivity index (χ1) is 61.5. The highest BCUT2D eigenvalue weighted by Gasteiger charge is 2.24. The Balaban J connectivity index is 0.000000153. The molecule has 5 aromatic carbocycles. The third-order valence-corrected chi connectivity index (χ3v) is 20.2. The Kier molecular flexibility index (Phi) is 34.3. The van der Waals surface area contributed by atoms with E-state index in [0.29, 0.717) is 125 Å². The van der Waals surface area contributed by atoms with E-state index in [2.05, 4.69) is 77.9 Å². The van der Waals surface area contributed by atoms with Crippen LogP contribution in [0.25, 0.3) is 44.9 Å². The zero-order valence-electron chi connectivity index (χ0n) is 71.1. The van der Waals surface area contributed by atoms with E-state index in [0.717, 1.165) is 111 Å². The van der Waals surface area contributed by atoms with Gasteiger partial charge in [-0.2, -0.15) is 5.10 Å². The molecular formula is C98H95ClN10O17. The Labute approximate surface area is 735 Å². The van der Waals surface area contributed by atoms with Crippen LogP contribution in [-0.2, 0) is 24.6 Å². The highest BCUT2D eigenvalue weighted by atomic mass is 35.5. The van der Waals surface area contributed by atoms with Crippen LogP contribution in [0.3, 0.4) is 0 Å². The lowest BCUT2D eigenvalue weighted by molar-refractivity contribution is 0.110. The number of para-hydroxylation sites is 1. The van der Waals surface area contributed by atoms with Crippen molar-refractivity contribution in [1.29, 1.82) is 0 Å². The number of rotatable bonds is 31. The molecule has 2 aliphatic heterocycles. The summed E-state index contributed by atoms with van der Waals surface area (Å²) in [7, 11) is 9.83. The molecule has 0 amide bonds. The van der Waals surface area contributed by atoms with Crippen LogP contribution in [0.1, 0.15) is 118 Å². The zero-order valence-corrected chi connectivity index (χ0v) is 71.8. The van der Waals surface area contributed by atoms with Gasteiger partial charge >= 0.3 is 0 Å². The third-order valence-electron chi connectivity index (χ3n) is 19.8. The number of phenolic OH excluding ortho intramolecular Hbond substituents is 1. The first-order valence-corrected chi connectivity index (χ1v) is 40.3. The van der Waals surface area contributed by atoms with Gasteiger partial charge in [0.1, 0.15) is 84.7 Å². The van der Waals surface area contributed by atoms with Crippen LogP contribution in [0.4, 0.5) is 0 Å². The van der Waals surface area contributed by atoms with Crippen LogP contribution in [-0.4, -0.2) is 168 Å². The fourth-order valence-electron chi connectivity index (χ4n) is 13.3. The monoisotopic (exact) mass is 1720 g/mol. The molecule has 27 nitrogen and oxygen atoms in total. The molecule has 0 aliphatic carbocycles. The van der Waals surface area contributed by atoms with E-state index < -0.39 is 0 Å². The van der Waals surface area contributed by atoms with Crippen LogP contribution in [0, 0.1) is 6.92 Å². The van der Waals surface area contributed by atoms with Crippen LogP contribution >= 0.6 is 11.6 Å². The molecule has 0 atom stereocenters. The molecule has 2 aliphatic rings. The lowest BCUT2D eigenvalue weighted by Crippen LogP contribution is -2.29. The molecule has 8 aromatic heterocycles. The van der Waals surface area contributed by atoms with Crippen LogP contribution < -0.4 is 47.4 Å². The summed E-state index contributed by atoms with van der Waals surface area (Å²) in [4.78, 5) is 88.3. The number of methoxy groups -OCH3 is 5. The predicted molar refractivity (Wildman–Crippen MR) is 478 cm³/mol. The number of halogens is 1. The van der Waals surface area contributed by atoms with Gasteiger partial charge in [-0.05, 0) is 142 Å².